The fourth-order valence-corrected chi connectivity index (χ4v) is 3.06. The smallest absolute Gasteiger partial charge is 0.408 e. The van der Waals surface area contributed by atoms with E-state index < -0.39 is 12.1 Å². The molecule has 0 radical (unpaired) electrons. The molecule has 3 rings (SSSR count). The fraction of sp³-hybridized carbons (Fsp3) is 0.200. The lowest BCUT2D eigenvalue weighted by Gasteiger charge is -2.18. The zero-order chi connectivity index (χ0) is 21.0. The number of rotatable bonds is 9. The Labute approximate surface area is 177 Å². The van der Waals surface area contributed by atoms with Gasteiger partial charge >= 0.3 is 6.09 Å². The van der Waals surface area contributed by atoms with Crippen LogP contribution >= 0.6 is 0 Å². The van der Waals surface area contributed by atoms with Crippen molar-refractivity contribution >= 4 is 12.0 Å². The van der Waals surface area contributed by atoms with Crippen molar-refractivity contribution in [3.05, 3.63) is 108 Å². The van der Waals surface area contributed by atoms with E-state index in [9.17, 15) is 9.59 Å². The number of benzene rings is 3. The molecule has 0 heterocycles. The van der Waals surface area contributed by atoms with Gasteiger partial charge in [0, 0.05) is 13.0 Å². The molecular formula is C25H26N2O3. The molecular weight excluding hydrogens is 376 g/mol. The molecule has 0 aliphatic carbocycles. The van der Waals surface area contributed by atoms with Gasteiger partial charge in [0.2, 0.25) is 5.91 Å². The third-order valence-corrected chi connectivity index (χ3v) is 4.66. The van der Waals surface area contributed by atoms with Crippen LogP contribution in [0.4, 0.5) is 4.79 Å². The quantitative estimate of drug-likeness (QED) is 0.571. The van der Waals surface area contributed by atoms with Gasteiger partial charge in [0.15, 0.2) is 0 Å². The maximum absolute atomic E-state index is 12.8. The highest BCUT2D eigenvalue weighted by Gasteiger charge is 2.21. The fourth-order valence-electron chi connectivity index (χ4n) is 3.06. The molecule has 3 aromatic rings. The number of hydrogen-bond donors (Lipinski definition) is 2. The summed E-state index contributed by atoms with van der Waals surface area (Å²) in [7, 11) is 0. The first-order valence-corrected chi connectivity index (χ1v) is 10.0. The van der Waals surface area contributed by atoms with E-state index in [2.05, 4.69) is 10.6 Å². The molecule has 30 heavy (non-hydrogen) atoms. The topological polar surface area (TPSA) is 67.4 Å². The second-order valence-corrected chi connectivity index (χ2v) is 6.98. The summed E-state index contributed by atoms with van der Waals surface area (Å²) in [5.41, 5.74) is 3.00. The monoisotopic (exact) mass is 402 g/mol. The summed E-state index contributed by atoms with van der Waals surface area (Å²) in [5.74, 6) is -0.230. The summed E-state index contributed by atoms with van der Waals surface area (Å²) in [5, 5.41) is 5.63. The lowest BCUT2D eigenvalue weighted by Crippen LogP contribution is -2.48. The summed E-state index contributed by atoms with van der Waals surface area (Å²) in [4.78, 5) is 25.1. The van der Waals surface area contributed by atoms with Crippen LogP contribution in [0.2, 0.25) is 0 Å². The minimum atomic E-state index is -0.716. The van der Waals surface area contributed by atoms with Gasteiger partial charge < -0.3 is 15.4 Å². The molecule has 3 aromatic carbocycles. The first-order chi connectivity index (χ1) is 14.7. The highest BCUT2D eigenvalue weighted by atomic mass is 16.5. The number of carbonyl (C=O) groups excluding carboxylic acids is 2. The van der Waals surface area contributed by atoms with Gasteiger partial charge in [-0.3, -0.25) is 4.79 Å². The standard InChI is InChI=1S/C25H26N2O3/c28-24(26-17-16-20-10-4-1-5-11-20)23(18-21-12-6-2-7-13-21)27-25(29)30-19-22-14-8-3-9-15-22/h1-15,23H,16-19H2,(H,26,28)(H,27,29). The third-order valence-electron chi connectivity index (χ3n) is 4.66. The van der Waals surface area contributed by atoms with Crippen LogP contribution in [0.1, 0.15) is 16.7 Å². The summed E-state index contributed by atoms with van der Waals surface area (Å²) in [6.45, 7) is 0.648. The summed E-state index contributed by atoms with van der Waals surface area (Å²) >= 11 is 0. The molecule has 0 saturated heterocycles. The van der Waals surface area contributed by atoms with E-state index in [1.54, 1.807) is 0 Å². The number of alkyl carbamates (subject to hydrolysis) is 1. The summed E-state index contributed by atoms with van der Waals surface area (Å²) in [6, 6.07) is 28.3. The van der Waals surface area contributed by atoms with Crippen molar-refractivity contribution in [3.8, 4) is 0 Å². The van der Waals surface area contributed by atoms with Gasteiger partial charge in [0.25, 0.3) is 0 Å². The molecule has 2 amide bonds. The van der Waals surface area contributed by atoms with E-state index in [-0.39, 0.29) is 12.5 Å². The van der Waals surface area contributed by atoms with E-state index in [1.807, 2.05) is 91.0 Å². The molecule has 1 atom stereocenters. The van der Waals surface area contributed by atoms with Gasteiger partial charge in [-0.15, -0.1) is 0 Å². The predicted molar refractivity (Wildman–Crippen MR) is 117 cm³/mol. The van der Waals surface area contributed by atoms with Crippen molar-refractivity contribution in [2.75, 3.05) is 6.54 Å². The zero-order valence-corrected chi connectivity index (χ0v) is 16.8. The molecule has 1 unspecified atom stereocenters. The second kappa shape index (κ2) is 11.4. The molecule has 0 spiro atoms. The first kappa shape index (κ1) is 21.1. The Morgan fingerprint density at radius 1 is 0.733 bits per heavy atom. The van der Waals surface area contributed by atoms with E-state index in [4.69, 9.17) is 4.74 Å². The number of ether oxygens (including phenoxy) is 1. The molecule has 154 valence electrons. The average Bonchev–Trinajstić information content (AvgIpc) is 2.79. The Morgan fingerprint density at radius 2 is 1.27 bits per heavy atom. The van der Waals surface area contributed by atoms with Crippen LogP contribution in [-0.2, 0) is 29.0 Å². The first-order valence-electron chi connectivity index (χ1n) is 10.0. The molecule has 0 aliphatic heterocycles. The zero-order valence-electron chi connectivity index (χ0n) is 16.8. The number of carbonyl (C=O) groups is 2. The van der Waals surface area contributed by atoms with E-state index in [0.29, 0.717) is 13.0 Å². The van der Waals surface area contributed by atoms with Crippen molar-refractivity contribution < 1.29 is 14.3 Å². The van der Waals surface area contributed by atoms with Crippen LogP contribution in [0.5, 0.6) is 0 Å². The normalized spacial score (nSPS) is 11.3. The van der Waals surface area contributed by atoms with Crippen molar-refractivity contribution in [3.63, 3.8) is 0 Å². The Bertz CT molecular complexity index is 915. The van der Waals surface area contributed by atoms with Crippen LogP contribution in [-0.4, -0.2) is 24.6 Å². The lowest BCUT2D eigenvalue weighted by atomic mass is 10.1. The second-order valence-electron chi connectivity index (χ2n) is 6.98. The molecule has 0 saturated carbocycles. The molecule has 0 fully saturated rings. The van der Waals surface area contributed by atoms with E-state index in [0.717, 1.165) is 23.1 Å². The van der Waals surface area contributed by atoms with Crippen LogP contribution in [0.25, 0.3) is 0 Å². The molecule has 2 N–H and O–H groups in total. The summed E-state index contributed by atoms with van der Waals surface area (Å²) < 4.78 is 5.29. The predicted octanol–water partition coefficient (Wildman–Crippen LogP) is 3.88. The van der Waals surface area contributed by atoms with Gasteiger partial charge in [-0.05, 0) is 23.1 Å². The van der Waals surface area contributed by atoms with E-state index in [1.165, 1.54) is 0 Å². The minimum Gasteiger partial charge on any atom is -0.445 e. The van der Waals surface area contributed by atoms with Crippen molar-refractivity contribution in [2.45, 2.75) is 25.5 Å². The highest BCUT2D eigenvalue weighted by molar-refractivity contribution is 5.85. The van der Waals surface area contributed by atoms with Gasteiger partial charge in [-0.25, -0.2) is 4.79 Å². The van der Waals surface area contributed by atoms with Crippen LogP contribution in [0.15, 0.2) is 91.0 Å². The van der Waals surface area contributed by atoms with Crippen molar-refractivity contribution in [1.29, 1.82) is 0 Å². The molecule has 0 aliphatic rings. The third kappa shape index (κ3) is 7.09. The van der Waals surface area contributed by atoms with Crippen molar-refractivity contribution in [1.82, 2.24) is 10.6 Å². The van der Waals surface area contributed by atoms with Crippen LogP contribution in [0.3, 0.4) is 0 Å². The number of amides is 2. The Hall–Kier alpha value is -3.60. The maximum atomic E-state index is 12.8. The van der Waals surface area contributed by atoms with E-state index >= 15 is 0 Å². The number of nitrogens with one attached hydrogen (secondary N) is 2. The number of hydrogen-bond acceptors (Lipinski definition) is 3. The van der Waals surface area contributed by atoms with Gasteiger partial charge in [0.05, 0.1) is 0 Å². The van der Waals surface area contributed by atoms with Gasteiger partial charge in [0.1, 0.15) is 12.6 Å². The highest BCUT2D eigenvalue weighted by Crippen LogP contribution is 2.06. The Balaban J connectivity index is 1.56. The minimum absolute atomic E-state index is 0.153. The van der Waals surface area contributed by atoms with Crippen LogP contribution in [0, 0.1) is 0 Å². The Kier molecular flexibility index (Phi) is 8.03. The molecule has 5 nitrogen and oxygen atoms in total. The SMILES string of the molecule is O=C(NC(Cc1ccccc1)C(=O)NCCc1ccccc1)OCc1ccccc1. The molecule has 0 bridgehead atoms. The van der Waals surface area contributed by atoms with Crippen LogP contribution < -0.4 is 10.6 Å². The van der Waals surface area contributed by atoms with Gasteiger partial charge in [-0.2, -0.15) is 0 Å². The maximum Gasteiger partial charge on any atom is 0.408 e. The lowest BCUT2D eigenvalue weighted by molar-refractivity contribution is -0.123. The summed E-state index contributed by atoms with van der Waals surface area (Å²) in [6.07, 6.45) is 0.500. The van der Waals surface area contributed by atoms with Gasteiger partial charge in [-0.1, -0.05) is 91.0 Å². The molecule has 0 aromatic heterocycles. The Morgan fingerprint density at radius 3 is 1.87 bits per heavy atom. The average molecular weight is 402 g/mol. The molecule has 5 heteroatoms. The van der Waals surface area contributed by atoms with Crippen molar-refractivity contribution in [2.24, 2.45) is 0 Å². The largest absolute Gasteiger partial charge is 0.445 e.